The van der Waals surface area contributed by atoms with Gasteiger partial charge in [-0.05, 0) is 6.92 Å². The Bertz CT molecular complexity index is 635. The fourth-order valence-electron chi connectivity index (χ4n) is 2.69. The van der Waals surface area contributed by atoms with Gasteiger partial charge in [0.25, 0.3) is 0 Å². The van der Waals surface area contributed by atoms with E-state index in [0.29, 0.717) is 6.54 Å². The first-order chi connectivity index (χ1) is 11.3. The molecule has 2 heterocycles. The molecule has 1 aromatic carbocycles. The van der Waals surface area contributed by atoms with Crippen molar-refractivity contribution in [1.29, 1.82) is 0 Å². The van der Waals surface area contributed by atoms with Crippen LogP contribution in [0.25, 0.3) is 10.6 Å². The number of amides is 2. The van der Waals surface area contributed by atoms with Crippen molar-refractivity contribution >= 4 is 17.4 Å². The first-order valence-corrected chi connectivity index (χ1v) is 8.89. The van der Waals surface area contributed by atoms with Gasteiger partial charge in [-0.3, -0.25) is 4.90 Å². The van der Waals surface area contributed by atoms with E-state index in [4.69, 9.17) is 4.98 Å². The summed E-state index contributed by atoms with van der Waals surface area (Å²) in [6.07, 6.45) is 0. The van der Waals surface area contributed by atoms with Gasteiger partial charge in [-0.15, -0.1) is 11.3 Å². The predicted molar refractivity (Wildman–Crippen MR) is 93.5 cm³/mol. The molecule has 1 aromatic heterocycles. The van der Waals surface area contributed by atoms with Crippen LogP contribution in [0.5, 0.6) is 0 Å². The van der Waals surface area contributed by atoms with Gasteiger partial charge in [0.05, 0.1) is 5.69 Å². The molecule has 1 aliphatic rings. The molecule has 1 aliphatic heterocycles. The summed E-state index contributed by atoms with van der Waals surface area (Å²) in [5, 5.41) is 6.07. The molecule has 5 nitrogen and oxygen atoms in total. The smallest absolute Gasteiger partial charge is 0.317 e. The molecule has 1 saturated heterocycles. The van der Waals surface area contributed by atoms with Crippen molar-refractivity contribution in [3.05, 3.63) is 41.4 Å². The third-order valence-corrected chi connectivity index (χ3v) is 4.89. The number of carbonyl (C=O) groups excluding carboxylic acids is 1. The molecule has 0 unspecified atom stereocenters. The lowest BCUT2D eigenvalue weighted by molar-refractivity contribution is 0.135. The number of nitrogens with zero attached hydrogens (tertiary/aromatic N) is 3. The molecule has 6 heteroatoms. The highest BCUT2D eigenvalue weighted by Gasteiger charge is 2.21. The SMILES string of the molecule is CCNC(=O)N1CCN(Cc2csc(-c3ccccc3)n2)CC1. The predicted octanol–water partition coefficient (Wildman–Crippen LogP) is 2.66. The van der Waals surface area contributed by atoms with E-state index in [0.717, 1.165) is 43.4 Å². The molecule has 0 bridgehead atoms. The summed E-state index contributed by atoms with van der Waals surface area (Å²) in [4.78, 5) is 20.8. The van der Waals surface area contributed by atoms with Crippen molar-refractivity contribution < 1.29 is 4.79 Å². The average Bonchev–Trinajstić information content (AvgIpc) is 3.05. The van der Waals surface area contributed by atoms with Crippen LogP contribution >= 0.6 is 11.3 Å². The van der Waals surface area contributed by atoms with E-state index in [2.05, 4.69) is 27.7 Å². The highest BCUT2D eigenvalue weighted by atomic mass is 32.1. The van der Waals surface area contributed by atoms with E-state index >= 15 is 0 Å². The molecule has 0 radical (unpaired) electrons. The summed E-state index contributed by atoms with van der Waals surface area (Å²) in [6, 6.07) is 10.3. The molecular formula is C17H22N4OS. The largest absolute Gasteiger partial charge is 0.338 e. The monoisotopic (exact) mass is 330 g/mol. The van der Waals surface area contributed by atoms with Gasteiger partial charge in [0.15, 0.2) is 0 Å². The zero-order chi connectivity index (χ0) is 16.1. The second-order valence-corrected chi connectivity index (χ2v) is 6.47. The van der Waals surface area contributed by atoms with Gasteiger partial charge in [0.1, 0.15) is 5.01 Å². The minimum atomic E-state index is 0.0483. The number of carbonyl (C=O) groups is 1. The number of hydrogen-bond donors (Lipinski definition) is 1. The van der Waals surface area contributed by atoms with Gasteiger partial charge in [-0.25, -0.2) is 9.78 Å². The Morgan fingerprint density at radius 3 is 2.65 bits per heavy atom. The number of urea groups is 1. The lowest BCUT2D eigenvalue weighted by Gasteiger charge is -2.34. The van der Waals surface area contributed by atoms with Gasteiger partial charge >= 0.3 is 6.03 Å². The second kappa shape index (κ2) is 7.57. The van der Waals surface area contributed by atoms with Gasteiger partial charge in [-0.1, -0.05) is 30.3 Å². The van der Waals surface area contributed by atoms with E-state index in [-0.39, 0.29) is 6.03 Å². The van der Waals surface area contributed by atoms with Crippen LogP contribution in [0.1, 0.15) is 12.6 Å². The van der Waals surface area contributed by atoms with Crippen molar-refractivity contribution in [2.75, 3.05) is 32.7 Å². The van der Waals surface area contributed by atoms with Crippen molar-refractivity contribution in [1.82, 2.24) is 20.1 Å². The molecule has 2 aromatic rings. The molecule has 3 rings (SSSR count). The lowest BCUT2D eigenvalue weighted by atomic mass is 10.2. The van der Waals surface area contributed by atoms with Crippen LogP contribution in [0.15, 0.2) is 35.7 Å². The van der Waals surface area contributed by atoms with Crippen LogP contribution in [-0.2, 0) is 6.54 Å². The molecule has 1 N–H and O–H groups in total. The summed E-state index contributed by atoms with van der Waals surface area (Å²) in [5.41, 5.74) is 2.28. The van der Waals surface area contributed by atoms with E-state index in [1.54, 1.807) is 11.3 Å². The quantitative estimate of drug-likeness (QED) is 0.937. The Morgan fingerprint density at radius 2 is 1.96 bits per heavy atom. The van der Waals surface area contributed by atoms with Crippen LogP contribution in [-0.4, -0.2) is 53.5 Å². The number of nitrogens with one attached hydrogen (secondary N) is 1. The standard InChI is InChI=1S/C17H22N4OS/c1-2-18-17(22)21-10-8-20(9-11-21)12-15-13-23-16(19-15)14-6-4-3-5-7-14/h3-7,13H,2,8-12H2,1H3,(H,18,22). The molecule has 0 spiro atoms. The summed E-state index contributed by atoms with van der Waals surface area (Å²) in [5.74, 6) is 0. The molecule has 0 atom stereocenters. The topological polar surface area (TPSA) is 48.5 Å². The fraction of sp³-hybridized carbons (Fsp3) is 0.412. The molecule has 1 fully saturated rings. The number of hydrogen-bond acceptors (Lipinski definition) is 4. The van der Waals surface area contributed by atoms with Crippen LogP contribution in [0.3, 0.4) is 0 Å². The molecule has 2 amide bonds. The van der Waals surface area contributed by atoms with Crippen LogP contribution in [0, 0.1) is 0 Å². The lowest BCUT2D eigenvalue weighted by Crippen LogP contribution is -2.51. The van der Waals surface area contributed by atoms with Crippen LogP contribution in [0.2, 0.25) is 0 Å². The van der Waals surface area contributed by atoms with Gasteiger partial charge < -0.3 is 10.2 Å². The molecule has 23 heavy (non-hydrogen) atoms. The zero-order valence-electron chi connectivity index (χ0n) is 13.4. The Balaban J connectivity index is 1.53. The third-order valence-electron chi connectivity index (χ3n) is 3.95. The highest BCUT2D eigenvalue weighted by molar-refractivity contribution is 7.13. The number of thiazole rings is 1. The Morgan fingerprint density at radius 1 is 1.22 bits per heavy atom. The van der Waals surface area contributed by atoms with Crippen molar-refractivity contribution in [3.8, 4) is 10.6 Å². The number of rotatable bonds is 4. The maximum atomic E-state index is 11.8. The Kier molecular flexibility index (Phi) is 5.25. The van der Waals surface area contributed by atoms with E-state index in [1.165, 1.54) is 5.56 Å². The van der Waals surface area contributed by atoms with E-state index in [9.17, 15) is 4.79 Å². The minimum Gasteiger partial charge on any atom is -0.338 e. The zero-order valence-corrected chi connectivity index (χ0v) is 14.2. The van der Waals surface area contributed by atoms with Crippen LogP contribution in [0.4, 0.5) is 4.79 Å². The highest BCUT2D eigenvalue weighted by Crippen LogP contribution is 2.24. The van der Waals surface area contributed by atoms with Crippen molar-refractivity contribution in [2.24, 2.45) is 0 Å². The summed E-state index contributed by atoms with van der Waals surface area (Å²) in [7, 11) is 0. The first kappa shape index (κ1) is 16.0. The molecule has 122 valence electrons. The maximum Gasteiger partial charge on any atom is 0.317 e. The number of benzene rings is 1. The number of aromatic nitrogens is 1. The fourth-order valence-corrected chi connectivity index (χ4v) is 3.51. The van der Waals surface area contributed by atoms with Gasteiger partial charge in [0, 0.05) is 50.2 Å². The van der Waals surface area contributed by atoms with Gasteiger partial charge in [0.2, 0.25) is 0 Å². The normalized spacial score (nSPS) is 15.6. The average molecular weight is 330 g/mol. The van der Waals surface area contributed by atoms with Crippen molar-refractivity contribution in [2.45, 2.75) is 13.5 Å². The number of piperazine rings is 1. The van der Waals surface area contributed by atoms with Crippen LogP contribution < -0.4 is 5.32 Å². The summed E-state index contributed by atoms with van der Waals surface area (Å²) < 4.78 is 0. The molecule has 0 aliphatic carbocycles. The van der Waals surface area contributed by atoms with Crippen molar-refractivity contribution in [3.63, 3.8) is 0 Å². The Hall–Kier alpha value is -1.92. The summed E-state index contributed by atoms with van der Waals surface area (Å²) in [6.45, 7) is 6.83. The Labute approximate surface area is 140 Å². The van der Waals surface area contributed by atoms with E-state index in [1.807, 2.05) is 30.0 Å². The third kappa shape index (κ3) is 4.09. The molecular weight excluding hydrogens is 308 g/mol. The molecule has 0 saturated carbocycles. The van der Waals surface area contributed by atoms with E-state index < -0.39 is 0 Å². The minimum absolute atomic E-state index is 0.0483. The second-order valence-electron chi connectivity index (χ2n) is 5.61. The van der Waals surface area contributed by atoms with Gasteiger partial charge in [-0.2, -0.15) is 0 Å². The first-order valence-electron chi connectivity index (χ1n) is 8.01. The summed E-state index contributed by atoms with van der Waals surface area (Å²) >= 11 is 1.69. The maximum absolute atomic E-state index is 11.8.